The van der Waals surface area contributed by atoms with Crippen molar-refractivity contribution in [2.24, 2.45) is 5.73 Å². The Kier molecular flexibility index (Phi) is 4.90. The number of anilines is 1. The molecule has 1 aromatic rings. The van der Waals surface area contributed by atoms with Gasteiger partial charge >= 0.3 is 0 Å². The van der Waals surface area contributed by atoms with Gasteiger partial charge in [0.1, 0.15) is 5.82 Å². The van der Waals surface area contributed by atoms with Crippen LogP contribution in [0.25, 0.3) is 0 Å². The molecule has 1 heterocycles. The zero-order valence-electron chi connectivity index (χ0n) is 10.7. The van der Waals surface area contributed by atoms with Gasteiger partial charge < -0.3 is 15.5 Å². The van der Waals surface area contributed by atoms with Crippen molar-refractivity contribution in [1.82, 2.24) is 9.88 Å². The maximum atomic E-state index is 11.6. The molecular formula is C12H20N4O. The van der Waals surface area contributed by atoms with Gasteiger partial charge in [0.2, 0.25) is 5.91 Å². The van der Waals surface area contributed by atoms with Crippen LogP contribution in [0.5, 0.6) is 0 Å². The van der Waals surface area contributed by atoms with Crippen LogP contribution >= 0.6 is 0 Å². The summed E-state index contributed by atoms with van der Waals surface area (Å²) in [6.45, 7) is 3.57. The topological polar surface area (TPSA) is 62.5 Å². The molecule has 0 saturated heterocycles. The molecule has 94 valence electrons. The molecule has 5 heteroatoms. The van der Waals surface area contributed by atoms with E-state index in [1.54, 1.807) is 25.2 Å². The molecule has 0 spiro atoms. The molecule has 0 unspecified atom stereocenters. The average molecular weight is 236 g/mol. The highest BCUT2D eigenvalue weighted by Crippen LogP contribution is 2.10. The van der Waals surface area contributed by atoms with Gasteiger partial charge in [0.15, 0.2) is 0 Å². The fourth-order valence-corrected chi connectivity index (χ4v) is 1.38. The lowest BCUT2D eigenvalue weighted by molar-refractivity contribution is -0.127. The standard InChI is InChI=1S/C12H20N4O/c1-4-16(9-12(17)15(2)3)11-6-5-10(7-13)8-14-11/h5-6,8H,4,7,9,13H2,1-3H3. The molecule has 0 radical (unpaired) electrons. The smallest absolute Gasteiger partial charge is 0.241 e. The van der Waals surface area contributed by atoms with Gasteiger partial charge in [-0.25, -0.2) is 4.98 Å². The second-order valence-electron chi connectivity index (χ2n) is 4.03. The highest BCUT2D eigenvalue weighted by atomic mass is 16.2. The fraction of sp³-hybridized carbons (Fsp3) is 0.500. The molecule has 2 N–H and O–H groups in total. The third-order valence-corrected chi connectivity index (χ3v) is 2.58. The van der Waals surface area contributed by atoms with Crippen LogP contribution in [0.1, 0.15) is 12.5 Å². The van der Waals surface area contributed by atoms with Crippen molar-refractivity contribution >= 4 is 11.7 Å². The van der Waals surface area contributed by atoms with E-state index in [9.17, 15) is 4.79 Å². The van der Waals surface area contributed by atoms with Gasteiger partial charge in [0.05, 0.1) is 6.54 Å². The number of nitrogens with two attached hydrogens (primary N) is 1. The van der Waals surface area contributed by atoms with Crippen LogP contribution in [0.15, 0.2) is 18.3 Å². The van der Waals surface area contributed by atoms with Gasteiger partial charge in [0, 0.05) is 33.4 Å². The second kappa shape index (κ2) is 6.20. The third kappa shape index (κ3) is 3.71. The first kappa shape index (κ1) is 13.4. The van der Waals surface area contributed by atoms with E-state index < -0.39 is 0 Å². The highest BCUT2D eigenvalue weighted by molar-refractivity contribution is 5.80. The number of carbonyl (C=O) groups excluding carboxylic acids is 1. The van der Waals surface area contributed by atoms with Gasteiger partial charge in [0.25, 0.3) is 0 Å². The predicted molar refractivity (Wildman–Crippen MR) is 68.7 cm³/mol. The van der Waals surface area contributed by atoms with Crippen LogP contribution in [0.3, 0.4) is 0 Å². The highest BCUT2D eigenvalue weighted by Gasteiger charge is 2.12. The minimum Gasteiger partial charge on any atom is -0.348 e. The maximum absolute atomic E-state index is 11.6. The van der Waals surface area contributed by atoms with E-state index in [1.165, 1.54) is 0 Å². The van der Waals surface area contributed by atoms with Crippen LogP contribution < -0.4 is 10.6 Å². The summed E-state index contributed by atoms with van der Waals surface area (Å²) in [5.74, 6) is 0.872. The molecule has 1 rings (SSSR count). The van der Waals surface area contributed by atoms with Crippen molar-refractivity contribution in [3.63, 3.8) is 0 Å². The predicted octanol–water partition coefficient (Wildman–Crippen LogP) is 0.455. The van der Waals surface area contributed by atoms with Gasteiger partial charge in [-0.2, -0.15) is 0 Å². The number of pyridine rings is 1. The first-order chi connectivity index (χ1) is 8.08. The summed E-state index contributed by atoms with van der Waals surface area (Å²) in [6, 6.07) is 3.83. The lowest BCUT2D eigenvalue weighted by atomic mass is 10.3. The zero-order chi connectivity index (χ0) is 12.8. The second-order valence-corrected chi connectivity index (χ2v) is 4.03. The zero-order valence-corrected chi connectivity index (χ0v) is 10.7. The van der Waals surface area contributed by atoms with Crippen LogP contribution in [0.4, 0.5) is 5.82 Å². The largest absolute Gasteiger partial charge is 0.348 e. The minimum absolute atomic E-state index is 0.0663. The molecular weight excluding hydrogens is 216 g/mol. The summed E-state index contributed by atoms with van der Waals surface area (Å²) in [4.78, 5) is 19.5. The van der Waals surface area contributed by atoms with E-state index in [0.29, 0.717) is 13.1 Å². The van der Waals surface area contributed by atoms with E-state index in [-0.39, 0.29) is 5.91 Å². The normalized spacial score (nSPS) is 10.1. The quantitative estimate of drug-likeness (QED) is 0.806. The van der Waals surface area contributed by atoms with E-state index in [1.807, 2.05) is 24.0 Å². The number of aromatic nitrogens is 1. The summed E-state index contributed by atoms with van der Waals surface area (Å²) in [6.07, 6.45) is 1.75. The molecule has 0 bridgehead atoms. The molecule has 5 nitrogen and oxygen atoms in total. The van der Waals surface area contributed by atoms with Crippen molar-refractivity contribution < 1.29 is 4.79 Å². The molecule has 0 saturated carbocycles. The van der Waals surface area contributed by atoms with Gasteiger partial charge in [-0.3, -0.25) is 4.79 Å². The summed E-state index contributed by atoms with van der Waals surface area (Å²) < 4.78 is 0. The monoisotopic (exact) mass is 236 g/mol. The van der Waals surface area contributed by atoms with Crippen molar-refractivity contribution in [2.75, 3.05) is 32.1 Å². The number of hydrogen-bond acceptors (Lipinski definition) is 4. The maximum Gasteiger partial charge on any atom is 0.241 e. The Morgan fingerprint density at radius 3 is 2.53 bits per heavy atom. The molecule has 1 amide bonds. The molecule has 0 aliphatic rings. The first-order valence-electron chi connectivity index (χ1n) is 5.68. The number of amides is 1. The Bertz CT molecular complexity index is 361. The van der Waals surface area contributed by atoms with Crippen LogP contribution in [0, 0.1) is 0 Å². The minimum atomic E-state index is 0.0663. The van der Waals surface area contributed by atoms with Crippen molar-refractivity contribution in [3.05, 3.63) is 23.9 Å². The molecule has 0 aliphatic heterocycles. The van der Waals surface area contributed by atoms with Crippen LogP contribution in [0.2, 0.25) is 0 Å². The Balaban J connectivity index is 2.75. The summed E-state index contributed by atoms with van der Waals surface area (Å²) in [7, 11) is 3.50. The SMILES string of the molecule is CCN(CC(=O)N(C)C)c1ccc(CN)cn1. The van der Waals surface area contributed by atoms with Crippen LogP contribution in [-0.2, 0) is 11.3 Å². The number of likely N-dealkylation sites (N-methyl/N-ethyl adjacent to an activating group) is 2. The lowest BCUT2D eigenvalue weighted by Gasteiger charge is -2.23. The van der Waals surface area contributed by atoms with Gasteiger partial charge in [-0.05, 0) is 18.6 Å². The van der Waals surface area contributed by atoms with E-state index in [0.717, 1.165) is 17.9 Å². The lowest BCUT2D eigenvalue weighted by Crippen LogP contribution is -2.37. The molecule has 0 fully saturated rings. The summed E-state index contributed by atoms with van der Waals surface area (Å²) >= 11 is 0. The number of hydrogen-bond donors (Lipinski definition) is 1. The first-order valence-corrected chi connectivity index (χ1v) is 5.68. The van der Waals surface area contributed by atoms with Gasteiger partial charge in [-0.1, -0.05) is 6.07 Å². The van der Waals surface area contributed by atoms with E-state index in [4.69, 9.17) is 5.73 Å². The Morgan fingerprint density at radius 1 is 1.41 bits per heavy atom. The fourth-order valence-electron chi connectivity index (χ4n) is 1.38. The molecule has 17 heavy (non-hydrogen) atoms. The average Bonchev–Trinajstić information content (AvgIpc) is 2.35. The van der Waals surface area contributed by atoms with Crippen molar-refractivity contribution in [1.29, 1.82) is 0 Å². The van der Waals surface area contributed by atoms with Gasteiger partial charge in [-0.15, -0.1) is 0 Å². The number of rotatable bonds is 5. The molecule has 0 aliphatic carbocycles. The molecule has 1 aromatic heterocycles. The van der Waals surface area contributed by atoms with Crippen molar-refractivity contribution in [2.45, 2.75) is 13.5 Å². The Labute approximate surface area is 102 Å². The van der Waals surface area contributed by atoms with Crippen LogP contribution in [-0.4, -0.2) is 43.0 Å². The third-order valence-electron chi connectivity index (χ3n) is 2.58. The molecule has 0 aromatic carbocycles. The number of carbonyl (C=O) groups is 1. The Morgan fingerprint density at radius 2 is 2.12 bits per heavy atom. The number of nitrogens with zero attached hydrogens (tertiary/aromatic N) is 3. The Hall–Kier alpha value is -1.62. The summed E-state index contributed by atoms with van der Waals surface area (Å²) in [5, 5.41) is 0. The van der Waals surface area contributed by atoms with Crippen molar-refractivity contribution in [3.8, 4) is 0 Å². The summed E-state index contributed by atoms with van der Waals surface area (Å²) in [5.41, 5.74) is 6.50. The molecule has 0 atom stereocenters. The van der Waals surface area contributed by atoms with E-state index in [2.05, 4.69) is 4.98 Å². The van der Waals surface area contributed by atoms with E-state index >= 15 is 0 Å².